The lowest BCUT2D eigenvalue weighted by molar-refractivity contribution is 0.0933. The van der Waals surface area contributed by atoms with Crippen molar-refractivity contribution in [2.75, 3.05) is 27.2 Å². The van der Waals surface area contributed by atoms with Crippen molar-refractivity contribution in [2.45, 2.75) is 63.6 Å². The third-order valence-electron chi connectivity index (χ3n) is 5.41. The van der Waals surface area contributed by atoms with Gasteiger partial charge in [0, 0.05) is 31.8 Å². The van der Waals surface area contributed by atoms with E-state index in [0.29, 0.717) is 12.2 Å². The molecule has 1 N–H and O–H groups in total. The molecule has 1 saturated carbocycles. The van der Waals surface area contributed by atoms with Crippen LogP contribution in [0.4, 0.5) is 0 Å². The molecule has 1 aliphatic carbocycles. The molecule has 3 rings (SSSR count). The van der Waals surface area contributed by atoms with E-state index in [-0.39, 0.29) is 12.0 Å². The first-order valence-corrected chi connectivity index (χ1v) is 9.25. The Morgan fingerprint density at radius 2 is 2.21 bits per heavy atom. The molecule has 24 heavy (non-hydrogen) atoms. The lowest BCUT2D eigenvalue weighted by atomic mass is 9.94. The highest BCUT2D eigenvalue weighted by Crippen LogP contribution is 2.21. The van der Waals surface area contributed by atoms with Crippen LogP contribution in [0.2, 0.25) is 0 Å². The molecule has 134 valence electrons. The maximum atomic E-state index is 12.2. The maximum Gasteiger partial charge on any atom is 0.271 e. The monoisotopic (exact) mass is 334 g/mol. The Morgan fingerprint density at radius 3 is 2.92 bits per heavy atom. The van der Waals surface area contributed by atoms with E-state index in [1.54, 1.807) is 7.11 Å². The van der Waals surface area contributed by atoms with E-state index in [1.165, 1.54) is 32.1 Å². The van der Waals surface area contributed by atoms with Crippen molar-refractivity contribution >= 4 is 5.91 Å². The van der Waals surface area contributed by atoms with Crippen LogP contribution in [0, 0.1) is 0 Å². The molecule has 1 amide bonds. The average Bonchev–Trinajstić information content (AvgIpc) is 3.17. The fraction of sp³-hybridized carbons (Fsp3) is 0.778. The van der Waals surface area contributed by atoms with E-state index < -0.39 is 0 Å². The van der Waals surface area contributed by atoms with Gasteiger partial charge >= 0.3 is 0 Å². The molecule has 1 fully saturated rings. The first kappa shape index (κ1) is 17.4. The molecule has 0 radical (unpaired) electrons. The molecule has 1 aromatic heterocycles. The van der Waals surface area contributed by atoms with Crippen LogP contribution in [0.25, 0.3) is 0 Å². The molecular formula is C18H30N4O2. The summed E-state index contributed by atoms with van der Waals surface area (Å²) in [6, 6.07) is 2.63. The molecule has 0 spiro atoms. The van der Waals surface area contributed by atoms with Crippen molar-refractivity contribution in [1.82, 2.24) is 20.0 Å². The molecule has 0 bridgehead atoms. The van der Waals surface area contributed by atoms with Crippen molar-refractivity contribution in [3.63, 3.8) is 0 Å². The number of hydrogen-bond donors (Lipinski definition) is 1. The van der Waals surface area contributed by atoms with Gasteiger partial charge in [0.25, 0.3) is 5.91 Å². The summed E-state index contributed by atoms with van der Waals surface area (Å²) < 4.78 is 7.23. The minimum absolute atomic E-state index is 0.0637. The molecule has 2 heterocycles. The van der Waals surface area contributed by atoms with Crippen molar-refractivity contribution in [2.24, 2.45) is 0 Å². The van der Waals surface area contributed by atoms with Crippen LogP contribution in [-0.4, -0.2) is 60.0 Å². The van der Waals surface area contributed by atoms with E-state index in [9.17, 15) is 4.79 Å². The number of ether oxygens (including phenoxy) is 1. The molecule has 1 aliphatic heterocycles. The number of fused-ring (bicyclic) bond motifs is 1. The standard InChI is InChI=1S/C18H30N4O2/c1-21(14-7-4-3-5-8-14)10-6-9-19-18(23)17-12-15-11-16(24-2)13-22(15)20-17/h12,14,16H,3-11,13H2,1-2H3,(H,19,23)/t16-/m0/s1. The number of amides is 1. The van der Waals surface area contributed by atoms with Gasteiger partial charge in [-0.2, -0.15) is 5.10 Å². The third kappa shape index (κ3) is 4.16. The summed E-state index contributed by atoms with van der Waals surface area (Å²) >= 11 is 0. The zero-order valence-corrected chi connectivity index (χ0v) is 15.0. The summed E-state index contributed by atoms with van der Waals surface area (Å²) in [6.07, 6.45) is 8.78. The Labute approximate surface area is 144 Å². The lowest BCUT2D eigenvalue weighted by Crippen LogP contribution is -2.36. The summed E-state index contributed by atoms with van der Waals surface area (Å²) in [7, 11) is 3.93. The molecule has 0 aromatic carbocycles. The number of aromatic nitrogens is 2. The molecule has 2 aliphatic rings. The van der Waals surface area contributed by atoms with Crippen LogP contribution < -0.4 is 5.32 Å². The minimum atomic E-state index is -0.0637. The Bertz CT molecular complexity index is 528. The second-order valence-corrected chi connectivity index (χ2v) is 7.15. The zero-order chi connectivity index (χ0) is 16.9. The SMILES string of the molecule is CO[C@H]1Cc2cc(C(=O)NCCCN(C)C3CCCCC3)nn2C1. The number of carbonyl (C=O) groups excluding carboxylic acids is 1. The van der Waals surface area contributed by atoms with Crippen LogP contribution in [0.1, 0.15) is 54.7 Å². The van der Waals surface area contributed by atoms with Crippen LogP contribution >= 0.6 is 0 Å². The van der Waals surface area contributed by atoms with Gasteiger partial charge in [-0.25, -0.2) is 0 Å². The number of carbonyl (C=O) groups is 1. The van der Waals surface area contributed by atoms with E-state index in [0.717, 1.165) is 37.7 Å². The van der Waals surface area contributed by atoms with E-state index >= 15 is 0 Å². The zero-order valence-electron chi connectivity index (χ0n) is 15.0. The number of hydrogen-bond acceptors (Lipinski definition) is 4. The van der Waals surface area contributed by atoms with Crippen molar-refractivity contribution < 1.29 is 9.53 Å². The van der Waals surface area contributed by atoms with Gasteiger partial charge in [0.15, 0.2) is 0 Å². The molecule has 6 heteroatoms. The lowest BCUT2D eigenvalue weighted by Gasteiger charge is -2.31. The number of methoxy groups -OCH3 is 1. The van der Waals surface area contributed by atoms with Gasteiger partial charge in [-0.3, -0.25) is 9.48 Å². The number of nitrogens with one attached hydrogen (secondary N) is 1. The van der Waals surface area contributed by atoms with Gasteiger partial charge in [0.05, 0.1) is 12.6 Å². The Balaban J connectivity index is 1.37. The highest BCUT2D eigenvalue weighted by Gasteiger charge is 2.24. The highest BCUT2D eigenvalue weighted by atomic mass is 16.5. The van der Waals surface area contributed by atoms with Gasteiger partial charge < -0.3 is 15.0 Å². The molecule has 1 aromatic rings. The van der Waals surface area contributed by atoms with Crippen LogP contribution in [0.5, 0.6) is 0 Å². The summed E-state index contributed by atoms with van der Waals surface area (Å²) in [6.45, 7) is 2.49. The van der Waals surface area contributed by atoms with E-state index in [4.69, 9.17) is 4.74 Å². The fourth-order valence-electron chi connectivity index (χ4n) is 3.86. The van der Waals surface area contributed by atoms with Gasteiger partial charge in [-0.15, -0.1) is 0 Å². The van der Waals surface area contributed by atoms with Crippen molar-refractivity contribution in [3.05, 3.63) is 17.5 Å². The van der Waals surface area contributed by atoms with Crippen LogP contribution in [0.15, 0.2) is 6.07 Å². The van der Waals surface area contributed by atoms with Gasteiger partial charge in [0.1, 0.15) is 5.69 Å². The van der Waals surface area contributed by atoms with E-state index in [2.05, 4.69) is 22.4 Å². The Hall–Kier alpha value is -1.40. The highest BCUT2D eigenvalue weighted by molar-refractivity contribution is 5.92. The fourth-order valence-corrected chi connectivity index (χ4v) is 3.86. The third-order valence-corrected chi connectivity index (χ3v) is 5.41. The molecular weight excluding hydrogens is 304 g/mol. The Morgan fingerprint density at radius 1 is 1.42 bits per heavy atom. The van der Waals surface area contributed by atoms with E-state index in [1.807, 2.05) is 10.7 Å². The second kappa shape index (κ2) is 8.12. The Kier molecular flexibility index (Phi) is 5.89. The molecule has 0 unspecified atom stereocenters. The summed E-state index contributed by atoms with van der Waals surface area (Å²) in [5.74, 6) is -0.0637. The minimum Gasteiger partial charge on any atom is -0.379 e. The summed E-state index contributed by atoms with van der Waals surface area (Å²) in [4.78, 5) is 14.7. The first-order valence-electron chi connectivity index (χ1n) is 9.25. The van der Waals surface area contributed by atoms with Crippen LogP contribution in [-0.2, 0) is 17.7 Å². The summed E-state index contributed by atoms with van der Waals surface area (Å²) in [5.41, 5.74) is 1.62. The second-order valence-electron chi connectivity index (χ2n) is 7.15. The number of nitrogens with zero attached hydrogens (tertiary/aromatic N) is 3. The topological polar surface area (TPSA) is 59.4 Å². The smallest absolute Gasteiger partial charge is 0.271 e. The summed E-state index contributed by atoms with van der Waals surface area (Å²) in [5, 5.41) is 7.39. The average molecular weight is 334 g/mol. The normalized spacial score (nSPS) is 21.2. The molecule has 0 saturated heterocycles. The predicted molar refractivity (Wildman–Crippen MR) is 93.2 cm³/mol. The van der Waals surface area contributed by atoms with Gasteiger partial charge in [-0.1, -0.05) is 19.3 Å². The quantitative estimate of drug-likeness (QED) is 0.773. The molecule has 6 nitrogen and oxygen atoms in total. The van der Waals surface area contributed by atoms with Crippen LogP contribution in [0.3, 0.4) is 0 Å². The predicted octanol–water partition coefficient (Wildman–Crippen LogP) is 1.84. The molecule has 1 atom stereocenters. The van der Waals surface area contributed by atoms with Crippen molar-refractivity contribution in [1.29, 1.82) is 0 Å². The van der Waals surface area contributed by atoms with Crippen molar-refractivity contribution in [3.8, 4) is 0 Å². The number of rotatable bonds is 7. The van der Waals surface area contributed by atoms with Gasteiger partial charge in [-0.05, 0) is 38.9 Å². The maximum absolute atomic E-state index is 12.2. The first-order chi connectivity index (χ1) is 11.7. The van der Waals surface area contributed by atoms with Gasteiger partial charge in [0.2, 0.25) is 0 Å². The largest absolute Gasteiger partial charge is 0.379 e.